The van der Waals surface area contributed by atoms with Crippen molar-refractivity contribution in [2.45, 2.75) is 5.16 Å². The molecule has 3 rings (SSSR count). The third-order valence-electron chi connectivity index (χ3n) is 3.24. The second-order valence-electron chi connectivity index (χ2n) is 5.10. The lowest BCUT2D eigenvalue weighted by molar-refractivity contribution is -0.113. The van der Waals surface area contributed by atoms with Gasteiger partial charge in [-0.15, -0.1) is 5.10 Å². The number of carbonyl (C=O) groups is 2. The molecule has 0 aliphatic heterocycles. The molecule has 140 valence electrons. The molecule has 2 N–H and O–H groups in total. The van der Waals surface area contributed by atoms with Gasteiger partial charge < -0.3 is 10.1 Å². The van der Waals surface area contributed by atoms with E-state index >= 15 is 0 Å². The topological polar surface area (TPSA) is 124 Å². The molecule has 3 aromatic rings. The summed E-state index contributed by atoms with van der Waals surface area (Å²) in [6.07, 6.45) is -0.633. The lowest BCUT2D eigenvalue weighted by Crippen LogP contribution is -2.14. The smallest absolute Gasteiger partial charge is 0.413 e. The van der Waals surface area contributed by atoms with Gasteiger partial charge in [-0.25, -0.2) is 14.5 Å². The van der Waals surface area contributed by atoms with E-state index in [1.165, 1.54) is 23.6 Å². The van der Waals surface area contributed by atoms with Crippen molar-refractivity contribution in [2.24, 2.45) is 7.05 Å². The molecule has 0 radical (unpaired) electrons. The molecular formula is C15H15N7O3S2. The van der Waals surface area contributed by atoms with Gasteiger partial charge in [-0.1, -0.05) is 53.4 Å². The Labute approximate surface area is 162 Å². The van der Waals surface area contributed by atoms with Crippen molar-refractivity contribution in [1.29, 1.82) is 0 Å². The summed E-state index contributed by atoms with van der Waals surface area (Å²) >= 11 is 2.36. The quantitative estimate of drug-likeness (QED) is 0.599. The molecule has 2 aromatic heterocycles. The van der Waals surface area contributed by atoms with Crippen molar-refractivity contribution in [3.05, 3.63) is 30.3 Å². The second kappa shape index (κ2) is 8.60. The Morgan fingerprint density at radius 2 is 2.04 bits per heavy atom. The van der Waals surface area contributed by atoms with E-state index in [1.54, 1.807) is 7.05 Å². The third kappa shape index (κ3) is 4.80. The van der Waals surface area contributed by atoms with Gasteiger partial charge in [0.15, 0.2) is 5.13 Å². The average molecular weight is 405 g/mol. The van der Waals surface area contributed by atoms with E-state index in [-0.39, 0.29) is 11.7 Å². The molecule has 0 atom stereocenters. The minimum absolute atomic E-state index is 0.125. The number of hydrogen-bond donors (Lipinski definition) is 2. The Morgan fingerprint density at radius 1 is 1.26 bits per heavy atom. The van der Waals surface area contributed by atoms with Gasteiger partial charge in [-0.05, 0) is 10.4 Å². The molecule has 0 unspecified atom stereocenters. The van der Waals surface area contributed by atoms with Gasteiger partial charge in [-0.2, -0.15) is 0 Å². The molecule has 0 fully saturated rings. The zero-order valence-corrected chi connectivity index (χ0v) is 16.0. The molecule has 0 saturated carbocycles. The van der Waals surface area contributed by atoms with E-state index in [2.05, 4.69) is 35.9 Å². The number of tetrazole rings is 1. The van der Waals surface area contributed by atoms with Crippen molar-refractivity contribution in [3.63, 3.8) is 0 Å². The van der Waals surface area contributed by atoms with Crippen LogP contribution in [0.2, 0.25) is 0 Å². The molecule has 0 bridgehead atoms. The van der Waals surface area contributed by atoms with Crippen LogP contribution in [0.4, 0.5) is 14.9 Å². The summed E-state index contributed by atoms with van der Waals surface area (Å²) in [4.78, 5) is 28.2. The maximum atomic E-state index is 12.3. The normalized spacial score (nSPS) is 10.4. The zero-order chi connectivity index (χ0) is 19.2. The maximum absolute atomic E-state index is 12.3. The number of hydrogen-bond acceptors (Lipinski definition) is 9. The maximum Gasteiger partial charge on any atom is 0.413 e. The largest absolute Gasteiger partial charge is 0.453 e. The first-order valence-electron chi connectivity index (χ1n) is 7.63. The molecule has 2 amide bonds. The summed E-state index contributed by atoms with van der Waals surface area (Å²) in [6.45, 7) is 0. The lowest BCUT2D eigenvalue weighted by atomic mass is 10.2. The number of aromatic nitrogens is 5. The summed E-state index contributed by atoms with van der Waals surface area (Å²) < 4.78 is 6.07. The van der Waals surface area contributed by atoms with Crippen LogP contribution in [0.25, 0.3) is 11.3 Å². The molecule has 2 heterocycles. The average Bonchev–Trinajstić information content (AvgIpc) is 3.26. The third-order valence-corrected chi connectivity index (χ3v) is 5.13. The number of ether oxygens (including phenoxy) is 1. The number of rotatable bonds is 6. The molecule has 10 nitrogen and oxygen atoms in total. The van der Waals surface area contributed by atoms with Crippen LogP contribution in [0.1, 0.15) is 0 Å². The van der Waals surface area contributed by atoms with Crippen LogP contribution in [-0.2, 0) is 16.6 Å². The van der Waals surface area contributed by atoms with Crippen LogP contribution in [-0.4, -0.2) is 50.1 Å². The number of benzene rings is 1. The van der Waals surface area contributed by atoms with Crippen molar-refractivity contribution in [1.82, 2.24) is 25.2 Å². The number of carbonyl (C=O) groups excluding carboxylic acids is 2. The van der Waals surface area contributed by atoms with Crippen LogP contribution in [0.3, 0.4) is 0 Å². The van der Waals surface area contributed by atoms with Gasteiger partial charge in [0.2, 0.25) is 11.1 Å². The van der Waals surface area contributed by atoms with Crippen LogP contribution < -0.4 is 10.6 Å². The van der Waals surface area contributed by atoms with Gasteiger partial charge in [0.05, 0.1) is 12.9 Å². The van der Waals surface area contributed by atoms with E-state index < -0.39 is 6.09 Å². The SMILES string of the molecule is COC(=O)Nc1nc(-c2ccccc2)c(NC(=O)CSc2nnnn2C)s1. The summed E-state index contributed by atoms with van der Waals surface area (Å²) in [6, 6.07) is 9.35. The van der Waals surface area contributed by atoms with Gasteiger partial charge in [0.25, 0.3) is 0 Å². The van der Waals surface area contributed by atoms with Crippen LogP contribution in [0.15, 0.2) is 35.5 Å². The highest BCUT2D eigenvalue weighted by atomic mass is 32.2. The summed E-state index contributed by atoms with van der Waals surface area (Å²) in [7, 11) is 2.96. The number of thioether (sulfide) groups is 1. The fourth-order valence-electron chi connectivity index (χ4n) is 2.02. The Hall–Kier alpha value is -2.99. The van der Waals surface area contributed by atoms with Crippen LogP contribution in [0.5, 0.6) is 0 Å². The molecule has 0 spiro atoms. The Morgan fingerprint density at radius 3 is 2.70 bits per heavy atom. The van der Waals surface area contributed by atoms with Crippen molar-refractivity contribution in [3.8, 4) is 11.3 Å². The summed E-state index contributed by atoms with van der Waals surface area (Å²) in [5.41, 5.74) is 1.37. The highest BCUT2D eigenvalue weighted by Crippen LogP contribution is 2.36. The number of methoxy groups -OCH3 is 1. The molecular weight excluding hydrogens is 390 g/mol. The van der Waals surface area contributed by atoms with Crippen molar-refractivity contribution < 1.29 is 14.3 Å². The number of thiazole rings is 1. The Kier molecular flexibility index (Phi) is 5.98. The number of aryl methyl sites for hydroxylation is 1. The van der Waals surface area contributed by atoms with Gasteiger partial charge in [0.1, 0.15) is 10.7 Å². The number of nitrogens with one attached hydrogen (secondary N) is 2. The first-order chi connectivity index (χ1) is 13.1. The van der Waals surface area contributed by atoms with E-state index in [9.17, 15) is 9.59 Å². The first kappa shape index (κ1) is 18.8. The molecule has 0 aliphatic rings. The van der Waals surface area contributed by atoms with Gasteiger partial charge in [-0.3, -0.25) is 10.1 Å². The predicted octanol–water partition coefficient (Wildman–Crippen LogP) is 2.24. The second-order valence-corrected chi connectivity index (χ2v) is 7.04. The summed E-state index contributed by atoms with van der Waals surface area (Å²) in [5.74, 6) is -0.117. The molecule has 27 heavy (non-hydrogen) atoms. The Bertz CT molecular complexity index is 942. The Balaban J connectivity index is 1.77. The first-order valence-corrected chi connectivity index (χ1v) is 9.43. The zero-order valence-electron chi connectivity index (χ0n) is 14.4. The highest BCUT2D eigenvalue weighted by molar-refractivity contribution is 7.99. The van der Waals surface area contributed by atoms with E-state index in [1.807, 2.05) is 30.3 Å². The molecule has 0 aliphatic carbocycles. The highest BCUT2D eigenvalue weighted by Gasteiger charge is 2.17. The summed E-state index contributed by atoms with van der Waals surface area (Å²) in [5, 5.41) is 17.8. The van der Waals surface area contributed by atoms with E-state index in [0.29, 0.717) is 21.0 Å². The standard InChI is InChI=1S/C15H15N7O3S2/c1-22-14(19-20-21-22)26-8-10(23)16-12-11(9-6-4-3-5-7-9)17-13(27-12)18-15(24)25-2/h3-7H,8H2,1-2H3,(H,16,23)(H,17,18,24). The van der Waals surface area contributed by atoms with Crippen molar-refractivity contribution in [2.75, 3.05) is 23.5 Å². The van der Waals surface area contributed by atoms with Crippen LogP contribution in [0, 0.1) is 0 Å². The van der Waals surface area contributed by atoms with Gasteiger partial charge >= 0.3 is 6.09 Å². The van der Waals surface area contributed by atoms with Crippen molar-refractivity contribution >= 4 is 45.2 Å². The number of anilines is 2. The number of amides is 2. The molecule has 0 saturated heterocycles. The van der Waals surface area contributed by atoms with E-state index in [0.717, 1.165) is 16.9 Å². The minimum Gasteiger partial charge on any atom is -0.453 e. The lowest BCUT2D eigenvalue weighted by Gasteiger charge is -2.04. The fourth-order valence-corrected chi connectivity index (χ4v) is 3.56. The van der Waals surface area contributed by atoms with E-state index in [4.69, 9.17) is 0 Å². The predicted molar refractivity (Wildman–Crippen MR) is 102 cm³/mol. The fraction of sp³-hybridized carbons (Fsp3) is 0.200. The minimum atomic E-state index is -0.633. The molecule has 1 aromatic carbocycles. The van der Waals surface area contributed by atoms with Crippen LogP contribution >= 0.6 is 23.1 Å². The van der Waals surface area contributed by atoms with Gasteiger partial charge in [0, 0.05) is 12.6 Å². The molecule has 12 heteroatoms. The monoisotopic (exact) mass is 405 g/mol. The number of nitrogens with zero attached hydrogens (tertiary/aromatic N) is 5.